The molecule has 2 saturated heterocycles. The number of rotatable bonds is 3. The van der Waals surface area contributed by atoms with Crippen molar-refractivity contribution in [2.75, 3.05) is 0 Å². The highest BCUT2D eigenvalue weighted by molar-refractivity contribution is 5.91. The summed E-state index contributed by atoms with van der Waals surface area (Å²) >= 11 is 0. The molecule has 0 aromatic heterocycles. The van der Waals surface area contributed by atoms with Gasteiger partial charge in [-0.1, -0.05) is 6.58 Å². The smallest absolute Gasteiger partial charge is 0.341 e. The van der Waals surface area contributed by atoms with Crippen molar-refractivity contribution in [3.05, 3.63) is 35.5 Å². The Morgan fingerprint density at radius 1 is 1.23 bits per heavy atom. The molecule has 1 N–H and O–H groups in total. The standard InChI is InChI=1S/C22H28O8/c1-10-7-18(29-21(26)22(6)13(4)30-22)19-12(3)20(25)28-17(19)8-11(2)16(9-15(10)24)27-14(5)23/h7-8,13,15-19,24H,3,9H2,1-2,4-6H3/t13-,15-,16+,17-,18-,19+,22-/m1/s1. The van der Waals surface area contributed by atoms with Crippen LogP contribution in [0.4, 0.5) is 0 Å². The number of fused-ring (bicyclic) bond motifs is 1. The van der Waals surface area contributed by atoms with Crippen LogP contribution in [-0.4, -0.2) is 59.1 Å². The van der Waals surface area contributed by atoms with Crippen LogP contribution < -0.4 is 0 Å². The molecule has 30 heavy (non-hydrogen) atoms. The van der Waals surface area contributed by atoms with Gasteiger partial charge in [0.05, 0.1) is 18.1 Å². The molecule has 3 aliphatic rings. The van der Waals surface area contributed by atoms with Crippen LogP contribution in [0.2, 0.25) is 0 Å². The quantitative estimate of drug-likeness (QED) is 0.242. The zero-order chi connectivity index (χ0) is 22.4. The summed E-state index contributed by atoms with van der Waals surface area (Å²) in [5.41, 5.74) is 0.260. The second-order valence-electron chi connectivity index (χ2n) is 8.33. The van der Waals surface area contributed by atoms with Crippen molar-refractivity contribution < 1.29 is 38.4 Å². The van der Waals surface area contributed by atoms with E-state index >= 15 is 0 Å². The van der Waals surface area contributed by atoms with Crippen molar-refractivity contribution in [3.8, 4) is 0 Å². The summed E-state index contributed by atoms with van der Waals surface area (Å²) < 4.78 is 21.9. The van der Waals surface area contributed by atoms with Gasteiger partial charge in [0.25, 0.3) is 0 Å². The zero-order valence-corrected chi connectivity index (χ0v) is 17.8. The van der Waals surface area contributed by atoms with E-state index in [0.717, 1.165) is 0 Å². The average molecular weight is 420 g/mol. The maximum absolute atomic E-state index is 12.7. The second-order valence-corrected chi connectivity index (χ2v) is 8.33. The lowest BCUT2D eigenvalue weighted by atomic mass is 9.85. The molecule has 0 unspecified atom stereocenters. The van der Waals surface area contributed by atoms with Gasteiger partial charge in [0.15, 0.2) is 5.60 Å². The first-order valence-corrected chi connectivity index (χ1v) is 9.94. The van der Waals surface area contributed by atoms with Gasteiger partial charge in [0, 0.05) is 18.9 Å². The van der Waals surface area contributed by atoms with Crippen LogP contribution in [0.15, 0.2) is 35.5 Å². The SMILES string of the molecule is C=C1C(=O)O[C@@H]2C=C(C)[C@@H](OC(C)=O)C[C@@H](O)C(C)=C[C@@H](OC(=O)[C@]3(C)O[C@@H]3C)[C@@H]12. The lowest BCUT2D eigenvalue weighted by Gasteiger charge is -2.29. The summed E-state index contributed by atoms with van der Waals surface area (Å²) in [5.74, 6) is -2.32. The molecule has 2 heterocycles. The predicted molar refractivity (Wildman–Crippen MR) is 105 cm³/mol. The van der Waals surface area contributed by atoms with E-state index in [4.69, 9.17) is 18.9 Å². The van der Waals surface area contributed by atoms with Gasteiger partial charge >= 0.3 is 17.9 Å². The molecule has 0 bridgehead atoms. The Balaban J connectivity index is 1.99. The Labute approximate surface area is 175 Å². The van der Waals surface area contributed by atoms with Gasteiger partial charge in [0.1, 0.15) is 18.3 Å². The minimum atomic E-state index is -1.04. The van der Waals surface area contributed by atoms with Crippen LogP contribution in [0.1, 0.15) is 41.0 Å². The molecule has 0 spiro atoms. The normalized spacial score (nSPS) is 38.6. The van der Waals surface area contributed by atoms with Gasteiger partial charge in [-0.25, -0.2) is 9.59 Å². The number of carbonyl (C=O) groups excluding carboxylic acids is 3. The third-order valence-corrected chi connectivity index (χ3v) is 6.04. The molecule has 164 valence electrons. The van der Waals surface area contributed by atoms with Gasteiger partial charge in [-0.2, -0.15) is 0 Å². The predicted octanol–water partition coefficient (Wildman–Crippen LogP) is 1.76. The molecule has 0 aromatic rings. The molecular weight excluding hydrogens is 392 g/mol. The van der Waals surface area contributed by atoms with E-state index in [2.05, 4.69) is 6.58 Å². The first-order chi connectivity index (χ1) is 13.9. The lowest BCUT2D eigenvalue weighted by molar-refractivity contribution is -0.155. The van der Waals surface area contributed by atoms with Crippen LogP contribution in [0, 0.1) is 5.92 Å². The zero-order valence-electron chi connectivity index (χ0n) is 17.8. The number of hydrogen-bond donors (Lipinski definition) is 1. The summed E-state index contributed by atoms with van der Waals surface area (Å²) in [7, 11) is 0. The van der Waals surface area contributed by atoms with E-state index in [1.54, 1.807) is 39.8 Å². The van der Waals surface area contributed by atoms with E-state index in [1.165, 1.54) is 6.92 Å². The fraction of sp³-hybridized carbons (Fsp3) is 0.591. The minimum Gasteiger partial charge on any atom is -0.458 e. The molecular formula is C22H28O8. The summed E-state index contributed by atoms with van der Waals surface area (Å²) in [5, 5.41) is 10.7. The molecule has 0 amide bonds. The Bertz CT molecular complexity index is 840. The molecule has 8 nitrogen and oxygen atoms in total. The van der Waals surface area contributed by atoms with E-state index in [0.29, 0.717) is 11.1 Å². The van der Waals surface area contributed by atoms with Crippen molar-refractivity contribution in [1.29, 1.82) is 0 Å². The Hall–Kier alpha value is -2.45. The molecule has 2 fully saturated rings. The lowest BCUT2D eigenvalue weighted by Crippen LogP contribution is -2.37. The fourth-order valence-electron chi connectivity index (χ4n) is 3.78. The first kappa shape index (κ1) is 22.2. The van der Waals surface area contributed by atoms with Crippen LogP contribution in [0.3, 0.4) is 0 Å². The highest BCUT2D eigenvalue weighted by atomic mass is 16.7. The number of aliphatic hydroxyl groups is 1. The number of esters is 3. The van der Waals surface area contributed by atoms with E-state index < -0.39 is 53.8 Å². The highest BCUT2D eigenvalue weighted by Gasteiger charge is 2.58. The van der Waals surface area contributed by atoms with E-state index in [1.807, 2.05) is 0 Å². The Kier molecular flexibility index (Phi) is 5.93. The molecule has 0 saturated carbocycles. The summed E-state index contributed by atoms with van der Waals surface area (Å²) in [6.07, 6.45) is -0.176. The summed E-state index contributed by atoms with van der Waals surface area (Å²) in [6, 6.07) is 0. The van der Waals surface area contributed by atoms with Crippen LogP contribution in [-0.2, 0) is 33.3 Å². The maximum atomic E-state index is 12.7. The number of aliphatic hydroxyl groups excluding tert-OH is 1. The third kappa shape index (κ3) is 4.20. The van der Waals surface area contributed by atoms with Crippen molar-refractivity contribution in [3.63, 3.8) is 0 Å². The maximum Gasteiger partial charge on any atom is 0.341 e. The Morgan fingerprint density at radius 2 is 1.87 bits per heavy atom. The van der Waals surface area contributed by atoms with Crippen molar-refractivity contribution in [2.24, 2.45) is 5.92 Å². The molecule has 1 aliphatic carbocycles. The Morgan fingerprint density at radius 3 is 2.43 bits per heavy atom. The van der Waals surface area contributed by atoms with Gasteiger partial charge in [-0.05, 0) is 51.0 Å². The summed E-state index contributed by atoms with van der Waals surface area (Å²) in [6.45, 7) is 11.9. The van der Waals surface area contributed by atoms with Gasteiger partial charge in [0.2, 0.25) is 0 Å². The largest absolute Gasteiger partial charge is 0.458 e. The monoisotopic (exact) mass is 420 g/mol. The highest BCUT2D eigenvalue weighted by Crippen LogP contribution is 2.40. The van der Waals surface area contributed by atoms with Crippen LogP contribution in [0.5, 0.6) is 0 Å². The molecule has 8 heteroatoms. The van der Waals surface area contributed by atoms with Crippen molar-refractivity contribution in [2.45, 2.75) is 77.2 Å². The first-order valence-electron chi connectivity index (χ1n) is 9.94. The molecule has 2 aliphatic heterocycles. The van der Waals surface area contributed by atoms with E-state index in [9.17, 15) is 19.5 Å². The topological polar surface area (TPSA) is 112 Å². The summed E-state index contributed by atoms with van der Waals surface area (Å²) in [4.78, 5) is 36.5. The fourth-order valence-corrected chi connectivity index (χ4v) is 3.78. The molecule has 0 radical (unpaired) electrons. The second kappa shape index (κ2) is 8.00. The number of hydrogen-bond acceptors (Lipinski definition) is 8. The van der Waals surface area contributed by atoms with Gasteiger partial charge in [-0.15, -0.1) is 0 Å². The number of ether oxygens (including phenoxy) is 4. The molecule has 7 atom stereocenters. The molecule has 0 aromatic carbocycles. The minimum absolute atomic E-state index is 0.120. The number of epoxide rings is 1. The molecule has 3 rings (SSSR count). The number of carbonyl (C=O) groups is 3. The van der Waals surface area contributed by atoms with Crippen LogP contribution in [0.25, 0.3) is 0 Å². The van der Waals surface area contributed by atoms with Gasteiger partial charge < -0.3 is 24.1 Å². The average Bonchev–Trinajstić information content (AvgIpc) is 3.17. The van der Waals surface area contributed by atoms with Crippen molar-refractivity contribution in [1.82, 2.24) is 0 Å². The van der Waals surface area contributed by atoms with Crippen LogP contribution >= 0.6 is 0 Å². The van der Waals surface area contributed by atoms with E-state index in [-0.39, 0.29) is 18.1 Å². The van der Waals surface area contributed by atoms with Crippen molar-refractivity contribution >= 4 is 17.9 Å². The third-order valence-electron chi connectivity index (χ3n) is 6.04. The van der Waals surface area contributed by atoms with Gasteiger partial charge in [-0.3, -0.25) is 4.79 Å².